The van der Waals surface area contributed by atoms with Crippen LogP contribution in [-0.4, -0.2) is 36.3 Å². The molecule has 6 nitrogen and oxygen atoms in total. The minimum absolute atomic E-state index is 0.118. The SMILES string of the molecule is C=C(/C=C/C1=C(C2=C(O)NC(N(C)C)NC2=O)C(=C/C=C2/Nc3ccccc3S2)/CC1)Sc1ccccc1C. The topological polar surface area (TPSA) is 76.6 Å². The van der Waals surface area contributed by atoms with Gasteiger partial charge in [0.05, 0.1) is 10.7 Å². The van der Waals surface area contributed by atoms with Crippen LogP contribution in [0, 0.1) is 6.92 Å². The van der Waals surface area contributed by atoms with Crippen LogP contribution < -0.4 is 16.0 Å². The van der Waals surface area contributed by atoms with Crippen molar-refractivity contribution in [3.63, 3.8) is 0 Å². The minimum Gasteiger partial charge on any atom is -0.494 e. The number of benzene rings is 2. The van der Waals surface area contributed by atoms with Gasteiger partial charge in [0.15, 0.2) is 6.29 Å². The second-order valence-corrected chi connectivity index (χ2v) is 12.0. The van der Waals surface area contributed by atoms with E-state index in [0.717, 1.165) is 50.1 Å². The van der Waals surface area contributed by atoms with Gasteiger partial charge in [-0.05, 0) is 86.5 Å². The molecule has 39 heavy (non-hydrogen) atoms. The van der Waals surface area contributed by atoms with Gasteiger partial charge in [0.2, 0.25) is 5.88 Å². The Morgan fingerprint density at radius 1 is 1.08 bits per heavy atom. The van der Waals surface area contributed by atoms with Gasteiger partial charge in [0.25, 0.3) is 5.91 Å². The standard InChI is InChI=1S/C31H32N4O2S2/c1-19-9-5-7-11-24(19)38-20(2)13-14-21-15-16-22(17-18-26-32-23-10-6-8-12-25(23)39-26)27(21)28-29(36)33-31(35(3)4)34-30(28)37/h5-14,17-18,31-33,36H,2,15-16H2,1,3-4H3,(H,34,37)/b14-13+,22-17+,26-18-. The molecule has 1 amide bonds. The van der Waals surface area contributed by atoms with Crippen LogP contribution in [0.2, 0.25) is 0 Å². The fourth-order valence-electron chi connectivity index (χ4n) is 4.64. The zero-order valence-corrected chi connectivity index (χ0v) is 23.9. The maximum absolute atomic E-state index is 13.3. The number of rotatable bonds is 7. The van der Waals surface area contributed by atoms with Crippen molar-refractivity contribution in [1.82, 2.24) is 15.5 Å². The Kier molecular flexibility index (Phi) is 8.07. The molecule has 1 atom stereocenters. The number of allylic oxidation sites excluding steroid dienone is 6. The van der Waals surface area contributed by atoms with E-state index < -0.39 is 6.29 Å². The molecule has 0 fully saturated rings. The lowest BCUT2D eigenvalue weighted by molar-refractivity contribution is -0.120. The summed E-state index contributed by atoms with van der Waals surface area (Å²) in [6.07, 6.45) is 9.15. The monoisotopic (exact) mass is 556 g/mol. The van der Waals surface area contributed by atoms with Crippen LogP contribution in [0.5, 0.6) is 0 Å². The highest BCUT2D eigenvalue weighted by molar-refractivity contribution is 8.03. The third-order valence-corrected chi connectivity index (χ3v) is 8.79. The van der Waals surface area contributed by atoms with Crippen molar-refractivity contribution in [2.75, 3.05) is 19.4 Å². The first-order valence-corrected chi connectivity index (χ1v) is 14.4. The van der Waals surface area contributed by atoms with E-state index in [1.807, 2.05) is 56.6 Å². The molecule has 0 saturated heterocycles. The summed E-state index contributed by atoms with van der Waals surface area (Å²) in [6, 6.07) is 16.4. The minimum atomic E-state index is -0.486. The van der Waals surface area contributed by atoms with Crippen LogP contribution in [0.15, 0.2) is 127 Å². The average Bonchev–Trinajstić information content (AvgIpc) is 3.50. The lowest BCUT2D eigenvalue weighted by Gasteiger charge is -2.32. The number of hydrogen-bond acceptors (Lipinski definition) is 7. The number of amides is 1. The lowest BCUT2D eigenvalue weighted by Crippen LogP contribution is -2.57. The number of aliphatic hydroxyl groups excluding tert-OH is 1. The Morgan fingerprint density at radius 2 is 1.85 bits per heavy atom. The summed E-state index contributed by atoms with van der Waals surface area (Å²) in [5.41, 5.74) is 5.31. The smallest absolute Gasteiger partial charge is 0.259 e. The first kappa shape index (κ1) is 27.0. The molecular formula is C31H32N4O2S2. The van der Waals surface area contributed by atoms with E-state index in [0.29, 0.717) is 0 Å². The van der Waals surface area contributed by atoms with Crippen LogP contribution in [-0.2, 0) is 4.79 Å². The van der Waals surface area contributed by atoms with E-state index in [2.05, 4.69) is 59.8 Å². The van der Waals surface area contributed by atoms with Crippen LogP contribution in [0.1, 0.15) is 18.4 Å². The summed E-state index contributed by atoms with van der Waals surface area (Å²) >= 11 is 3.30. The van der Waals surface area contributed by atoms with E-state index >= 15 is 0 Å². The average molecular weight is 557 g/mol. The van der Waals surface area contributed by atoms with Crippen LogP contribution in [0.25, 0.3) is 0 Å². The number of fused-ring (bicyclic) bond motifs is 1. The number of nitrogens with one attached hydrogen (secondary N) is 3. The molecule has 4 N–H and O–H groups in total. The molecule has 0 saturated carbocycles. The molecule has 200 valence electrons. The van der Waals surface area contributed by atoms with Crippen molar-refractivity contribution in [2.24, 2.45) is 0 Å². The number of hydrogen-bond donors (Lipinski definition) is 4. The van der Waals surface area contributed by atoms with Crippen molar-refractivity contribution in [2.45, 2.75) is 35.8 Å². The van der Waals surface area contributed by atoms with Gasteiger partial charge in [0, 0.05) is 14.7 Å². The first-order valence-electron chi connectivity index (χ1n) is 12.8. The summed E-state index contributed by atoms with van der Waals surface area (Å²) in [4.78, 5) is 18.3. The Labute approximate surface area is 238 Å². The van der Waals surface area contributed by atoms with Crippen molar-refractivity contribution in [3.8, 4) is 0 Å². The molecule has 2 aromatic carbocycles. The van der Waals surface area contributed by atoms with Gasteiger partial charge in [-0.25, -0.2) is 0 Å². The Balaban J connectivity index is 1.47. The van der Waals surface area contributed by atoms with E-state index in [9.17, 15) is 9.90 Å². The summed E-state index contributed by atoms with van der Waals surface area (Å²) in [5.74, 6) is -0.423. The first-order chi connectivity index (χ1) is 18.8. The molecule has 2 aromatic rings. The van der Waals surface area contributed by atoms with Gasteiger partial charge < -0.3 is 21.1 Å². The number of anilines is 1. The molecular weight excluding hydrogens is 525 g/mol. The highest BCUT2D eigenvalue weighted by atomic mass is 32.2. The molecule has 2 heterocycles. The van der Waals surface area contributed by atoms with Crippen LogP contribution in [0.4, 0.5) is 5.69 Å². The molecule has 0 radical (unpaired) electrons. The number of aryl methyl sites for hydroxylation is 1. The molecule has 0 spiro atoms. The third-order valence-electron chi connectivity index (χ3n) is 6.68. The fraction of sp³-hybridized carbons (Fsp3) is 0.194. The third kappa shape index (κ3) is 6.03. The second kappa shape index (κ2) is 11.7. The van der Waals surface area contributed by atoms with Crippen molar-refractivity contribution >= 4 is 35.1 Å². The predicted octanol–water partition coefficient (Wildman–Crippen LogP) is 6.57. The number of para-hydroxylation sites is 1. The van der Waals surface area contributed by atoms with Gasteiger partial charge in [0.1, 0.15) is 5.57 Å². The fourth-order valence-corrected chi connectivity index (χ4v) is 6.34. The molecule has 3 aliphatic rings. The number of nitrogens with zero attached hydrogens (tertiary/aromatic N) is 1. The van der Waals surface area contributed by atoms with E-state index in [4.69, 9.17) is 0 Å². The van der Waals surface area contributed by atoms with Crippen molar-refractivity contribution < 1.29 is 9.90 Å². The lowest BCUT2D eigenvalue weighted by atomic mass is 9.96. The quantitative estimate of drug-likeness (QED) is 0.227. The summed E-state index contributed by atoms with van der Waals surface area (Å²) in [7, 11) is 3.66. The van der Waals surface area contributed by atoms with Gasteiger partial charge in [-0.2, -0.15) is 0 Å². The van der Waals surface area contributed by atoms with Crippen molar-refractivity contribution in [3.05, 3.63) is 123 Å². The van der Waals surface area contributed by atoms with Gasteiger partial charge in [-0.1, -0.05) is 72.6 Å². The predicted molar refractivity (Wildman–Crippen MR) is 162 cm³/mol. The van der Waals surface area contributed by atoms with Gasteiger partial charge in [-0.3, -0.25) is 9.69 Å². The Hall–Kier alpha value is -3.59. The summed E-state index contributed by atoms with van der Waals surface area (Å²) in [6.45, 7) is 6.32. The number of carbonyl (C=O) groups is 1. The zero-order chi connectivity index (χ0) is 27.5. The van der Waals surface area contributed by atoms with Crippen LogP contribution >= 0.6 is 23.5 Å². The largest absolute Gasteiger partial charge is 0.494 e. The highest BCUT2D eigenvalue weighted by Crippen LogP contribution is 2.42. The molecule has 2 aliphatic heterocycles. The van der Waals surface area contributed by atoms with Crippen LogP contribution in [0.3, 0.4) is 0 Å². The second-order valence-electron chi connectivity index (χ2n) is 9.72. The molecule has 0 aromatic heterocycles. The number of thioether (sulfide) groups is 2. The number of aliphatic hydroxyl groups is 1. The number of carbonyl (C=O) groups excluding carboxylic acids is 1. The normalized spacial score (nSPS) is 21.1. The Bertz CT molecular complexity index is 1460. The van der Waals surface area contributed by atoms with Gasteiger partial charge in [-0.15, -0.1) is 0 Å². The highest BCUT2D eigenvalue weighted by Gasteiger charge is 2.34. The zero-order valence-electron chi connectivity index (χ0n) is 22.2. The summed E-state index contributed by atoms with van der Waals surface area (Å²) < 4.78 is 0. The molecule has 8 heteroatoms. The van der Waals surface area contributed by atoms with Gasteiger partial charge >= 0.3 is 0 Å². The summed E-state index contributed by atoms with van der Waals surface area (Å²) in [5, 5.41) is 21.4. The molecule has 0 bridgehead atoms. The van der Waals surface area contributed by atoms with E-state index in [1.54, 1.807) is 28.4 Å². The molecule has 1 aliphatic carbocycles. The van der Waals surface area contributed by atoms with Crippen molar-refractivity contribution in [1.29, 1.82) is 0 Å². The maximum Gasteiger partial charge on any atom is 0.259 e. The maximum atomic E-state index is 13.3. The molecule has 5 rings (SSSR count). The Morgan fingerprint density at radius 3 is 2.59 bits per heavy atom. The van der Waals surface area contributed by atoms with E-state index in [1.165, 1.54) is 10.5 Å². The van der Waals surface area contributed by atoms with E-state index in [-0.39, 0.29) is 17.4 Å². The molecule has 1 unspecified atom stereocenters.